The monoisotopic (exact) mass is 280 g/mol. The number of likely N-dealkylation sites (tertiary alicyclic amines) is 1. The number of benzene rings is 1. The molecule has 1 aromatic carbocycles. The number of nitrogens with zero attached hydrogens (tertiary/aromatic N) is 2. The van der Waals surface area contributed by atoms with Crippen LogP contribution in [-0.4, -0.2) is 41.8 Å². The number of carbonyl (C=O) groups excluding carboxylic acids is 2. The van der Waals surface area contributed by atoms with Gasteiger partial charge in [0, 0.05) is 25.2 Å². The van der Waals surface area contributed by atoms with Crippen molar-refractivity contribution in [2.75, 3.05) is 13.6 Å². The van der Waals surface area contributed by atoms with E-state index in [1.807, 2.05) is 24.3 Å². The van der Waals surface area contributed by atoms with E-state index in [4.69, 9.17) is 11.6 Å². The van der Waals surface area contributed by atoms with E-state index in [-0.39, 0.29) is 11.9 Å². The molecule has 4 nitrogen and oxygen atoms in total. The maximum atomic E-state index is 12.3. The van der Waals surface area contributed by atoms with E-state index in [0.29, 0.717) is 18.1 Å². The molecule has 1 aliphatic rings. The maximum Gasteiger partial charge on any atom is 0.245 e. The number of rotatable bonds is 4. The molecule has 0 aliphatic carbocycles. The van der Waals surface area contributed by atoms with Crippen LogP contribution in [-0.2, 0) is 16.1 Å². The van der Waals surface area contributed by atoms with Crippen molar-refractivity contribution in [2.24, 2.45) is 0 Å². The minimum Gasteiger partial charge on any atom is -0.340 e. The van der Waals surface area contributed by atoms with E-state index in [1.54, 1.807) is 16.8 Å². The lowest BCUT2D eigenvalue weighted by Crippen LogP contribution is -2.43. The summed E-state index contributed by atoms with van der Waals surface area (Å²) in [7, 11) is 1.76. The summed E-state index contributed by atoms with van der Waals surface area (Å²) >= 11 is 5.83. The highest BCUT2D eigenvalue weighted by atomic mass is 35.5. The van der Waals surface area contributed by atoms with E-state index >= 15 is 0 Å². The summed E-state index contributed by atoms with van der Waals surface area (Å²) in [6, 6.07) is 7.12. The van der Waals surface area contributed by atoms with Gasteiger partial charge in [0.25, 0.3) is 0 Å². The van der Waals surface area contributed by atoms with Gasteiger partial charge in [0.1, 0.15) is 6.04 Å². The zero-order chi connectivity index (χ0) is 13.8. The van der Waals surface area contributed by atoms with Crippen LogP contribution in [0, 0.1) is 0 Å². The van der Waals surface area contributed by atoms with Crippen LogP contribution in [0.2, 0.25) is 5.02 Å². The Hall–Kier alpha value is -1.55. The second-order valence-corrected chi connectivity index (χ2v) is 5.26. The first-order chi connectivity index (χ1) is 9.11. The lowest BCUT2D eigenvalue weighted by molar-refractivity contribution is -0.138. The molecule has 19 heavy (non-hydrogen) atoms. The van der Waals surface area contributed by atoms with Crippen molar-refractivity contribution in [3.63, 3.8) is 0 Å². The third-order valence-corrected chi connectivity index (χ3v) is 3.68. The maximum absolute atomic E-state index is 12.3. The lowest BCUT2D eigenvalue weighted by Gasteiger charge is -2.25. The molecule has 0 aromatic heterocycles. The molecular weight excluding hydrogens is 264 g/mol. The fourth-order valence-electron chi connectivity index (χ4n) is 2.38. The van der Waals surface area contributed by atoms with Gasteiger partial charge in [0.2, 0.25) is 12.3 Å². The summed E-state index contributed by atoms with van der Waals surface area (Å²) in [4.78, 5) is 26.4. The van der Waals surface area contributed by atoms with E-state index in [9.17, 15) is 9.59 Å². The van der Waals surface area contributed by atoms with E-state index < -0.39 is 0 Å². The van der Waals surface area contributed by atoms with Crippen LogP contribution in [0.4, 0.5) is 0 Å². The first-order valence-corrected chi connectivity index (χ1v) is 6.70. The molecule has 2 amide bonds. The smallest absolute Gasteiger partial charge is 0.245 e. The van der Waals surface area contributed by atoms with Crippen LogP contribution in [0.1, 0.15) is 18.4 Å². The topological polar surface area (TPSA) is 40.6 Å². The van der Waals surface area contributed by atoms with E-state index in [1.165, 1.54) is 0 Å². The van der Waals surface area contributed by atoms with Crippen LogP contribution in [0.3, 0.4) is 0 Å². The van der Waals surface area contributed by atoms with Gasteiger partial charge in [-0.2, -0.15) is 0 Å². The molecule has 0 radical (unpaired) electrons. The predicted octanol–water partition coefficient (Wildman–Crippen LogP) is 1.92. The van der Waals surface area contributed by atoms with Gasteiger partial charge >= 0.3 is 0 Å². The van der Waals surface area contributed by atoms with Gasteiger partial charge in [-0.15, -0.1) is 0 Å². The van der Waals surface area contributed by atoms with Crippen molar-refractivity contribution in [3.05, 3.63) is 34.9 Å². The van der Waals surface area contributed by atoms with Gasteiger partial charge in [-0.25, -0.2) is 0 Å². The summed E-state index contributed by atoms with van der Waals surface area (Å²) in [6.45, 7) is 1.20. The van der Waals surface area contributed by atoms with Gasteiger partial charge in [-0.1, -0.05) is 23.7 Å². The highest BCUT2D eigenvalue weighted by molar-refractivity contribution is 6.30. The average Bonchev–Trinajstić information content (AvgIpc) is 2.88. The Labute approximate surface area is 117 Å². The molecule has 0 unspecified atom stereocenters. The fraction of sp³-hybridized carbons (Fsp3) is 0.429. The molecular formula is C14H17ClN2O2. The predicted molar refractivity (Wildman–Crippen MR) is 73.7 cm³/mol. The molecule has 5 heteroatoms. The molecule has 1 aromatic rings. The summed E-state index contributed by atoms with van der Waals surface area (Å²) in [5.41, 5.74) is 1.02. The Morgan fingerprint density at radius 1 is 1.47 bits per heavy atom. The highest BCUT2D eigenvalue weighted by Crippen LogP contribution is 2.18. The second-order valence-electron chi connectivity index (χ2n) is 4.82. The third-order valence-electron chi connectivity index (χ3n) is 3.42. The quantitative estimate of drug-likeness (QED) is 0.791. The number of halogens is 1. The van der Waals surface area contributed by atoms with Crippen molar-refractivity contribution in [1.82, 2.24) is 9.80 Å². The first-order valence-electron chi connectivity index (χ1n) is 6.32. The molecule has 1 saturated heterocycles. The van der Waals surface area contributed by atoms with Crippen molar-refractivity contribution in [2.45, 2.75) is 25.4 Å². The van der Waals surface area contributed by atoms with Gasteiger partial charge in [-0.3, -0.25) is 9.59 Å². The van der Waals surface area contributed by atoms with E-state index in [0.717, 1.165) is 24.8 Å². The molecule has 1 heterocycles. The fourth-order valence-corrected chi connectivity index (χ4v) is 2.50. The number of amides is 2. The van der Waals surface area contributed by atoms with Crippen molar-refractivity contribution in [1.29, 1.82) is 0 Å². The highest BCUT2D eigenvalue weighted by Gasteiger charge is 2.31. The summed E-state index contributed by atoms with van der Waals surface area (Å²) in [5.74, 6) is -0.000417. The average molecular weight is 281 g/mol. The molecule has 0 spiro atoms. The normalized spacial score (nSPS) is 18.4. The van der Waals surface area contributed by atoms with Gasteiger partial charge in [0.05, 0.1) is 0 Å². The van der Waals surface area contributed by atoms with Gasteiger partial charge in [0.15, 0.2) is 0 Å². The molecule has 1 aliphatic heterocycles. The molecule has 1 fully saturated rings. The SMILES string of the molecule is CN(Cc1ccc(Cl)cc1)C(=O)[C@H]1CCCN1C=O. The number of likely N-dealkylation sites (N-methyl/N-ethyl adjacent to an activating group) is 1. The third kappa shape index (κ3) is 3.26. The second kappa shape index (κ2) is 6.06. The summed E-state index contributed by atoms with van der Waals surface area (Å²) < 4.78 is 0. The van der Waals surface area contributed by atoms with Crippen LogP contribution in [0.15, 0.2) is 24.3 Å². The van der Waals surface area contributed by atoms with E-state index in [2.05, 4.69) is 0 Å². The molecule has 2 rings (SSSR count). The number of hydrogen-bond donors (Lipinski definition) is 0. The van der Waals surface area contributed by atoms with Gasteiger partial charge in [-0.05, 0) is 30.5 Å². The Balaban J connectivity index is 1.99. The Bertz CT molecular complexity index is 461. The zero-order valence-corrected chi connectivity index (χ0v) is 11.6. The summed E-state index contributed by atoms with van der Waals surface area (Å²) in [6.07, 6.45) is 2.41. The van der Waals surface area contributed by atoms with Crippen LogP contribution < -0.4 is 0 Å². The lowest BCUT2D eigenvalue weighted by atomic mass is 10.1. The summed E-state index contributed by atoms with van der Waals surface area (Å²) in [5, 5.41) is 0.681. The Morgan fingerprint density at radius 3 is 2.79 bits per heavy atom. The van der Waals surface area contributed by atoms with Gasteiger partial charge < -0.3 is 9.80 Å². The number of hydrogen-bond acceptors (Lipinski definition) is 2. The zero-order valence-electron chi connectivity index (χ0n) is 10.9. The molecule has 0 bridgehead atoms. The van der Waals surface area contributed by atoms with Crippen LogP contribution in [0.25, 0.3) is 0 Å². The standard InChI is InChI=1S/C14H17ClN2O2/c1-16(9-11-4-6-12(15)7-5-11)14(19)13-3-2-8-17(13)10-18/h4-7,10,13H,2-3,8-9H2,1H3/t13-/m1/s1. The Morgan fingerprint density at radius 2 is 2.16 bits per heavy atom. The first kappa shape index (κ1) is 13.9. The molecule has 0 N–H and O–H groups in total. The molecule has 0 saturated carbocycles. The van der Waals surface area contributed by atoms with Crippen LogP contribution in [0.5, 0.6) is 0 Å². The molecule has 102 valence electrons. The van der Waals surface area contributed by atoms with Crippen LogP contribution >= 0.6 is 11.6 Å². The van der Waals surface area contributed by atoms with Crippen molar-refractivity contribution >= 4 is 23.9 Å². The minimum absolute atomic E-state index is 0.000417. The van der Waals surface area contributed by atoms with Crippen molar-refractivity contribution < 1.29 is 9.59 Å². The molecule has 1 atom stereocenters. The Kier molecular flexibility index (Phi) is 4.43. The number of carbonyl (C=O) groups is 2. The minimum atomic E-state index is -0.296. The van der Waals surface area contributed by atoms with Crippen molar-refractivity contribution in [3.8, 4) is 0 Å². The largest absolute Gasteiger partial charge is 0.340 e.